The van der Waals surface area contributed by atoms with Crippen LogP contribution in [0.5, 0.6) is 0 Å². The maximum atomic E-state index is 12.4. The lowest BCUT2D eigenvalue weighted by atomic mass is 9.99. The Labute approximate surface area is 121 Å². The Balaban J connectivity index is 2.27. The van der Waals surface area contributed by atoms with E-state index in [9.17, 15) is 13.2 Å². The zero-order valence-corrected chi connectivity index (χ0v) is 13.2. The molecule has 0 saturated carbocycles. The molecule has 1 amide bonds. The van der Waals surface area contributed by atoms with Gasteiger partial charge in [0, 0.05) is 29.2 Å². The number of piperidine rings is 1. The smallest absolute Gasteiger partial charge is 0.271 e. The summed E-state index contributed by atoms with van der Waals surface area (Å²) >= 11 is 1.01. The number of carbonyl (C=O) groups excluding carboxylic acids is 1. The molecule has 1 saturated heterocycles. The topological polar surface area (TPSA) is 54.5 Å². The zero-order chi connectivity index (χ0) is 14.2. The van der Waals surface area contributed by atoms with Crippen LogP contribution < -0.4 is 0 Å². The fourth-order valence-corrected chi connectivity index (χ4v) is 4.94. The van der Waals surface area contributed by atoms with Crippen molar-refractivity contribution in [2.45, 2.75) is 30.9 Å². The number of rotatable bonds is 2. The highest BCUT2D eigenvalue weighted by molar-refractivity contribution is 8.15. The van der Waals surface area contributed by atoms with Crippen molar-refractivity contribution in [3.8, 4) is 0 Å². The standard InChI is InChI=1S/C12H16ClNO3S2/c1-8-4-3-5-14(6-8)11(15)10-7-18-12(9(10)2)19(13,16)17/h7-8H,3-6H2,1-2H3. The van der Waals surface area contributed by atoms with Crippen LogP contribution in [0.15, 0.2) is 9.59 Å². The number of hydrogen-bond acceptors (Lipinski definition) is 4. The Hall–Kier alpha value is -0.590. The Bertz CT molecular complexity index is 594. The molecule has 0 N–H and O–H groups in total. The largest absolute Gasteiger partial charge is 0.338 e. The van der Waals surface area contributed by atoms with E-state index in [-0.39, 0.29) is 10.1 Å². The number of hydrogen-bond donors (Lipinski definition) is 0. The number of halogens is 1. The summed E-state index contributed by atoms with van der Waals surface area (Å²) < 4.78 is 22.8. The van der Waals surface area contributed by atoms with E-state index in [1.54, 1.807) is 17.2 Å². The van der Waals surface area contributed by atoms with Crippen LogP contribution in [-0.4, -0.2) is 32.3 Å². The zero-order valence-electron chi connectivity index (χ0n) is 10.8. The van der Waals surface area contributed by atoms with Gasteiger partial charge in [0.25, 0.3) is 15.0 Å². The molecule has 1 fully saturated rings. The van der Waals surface area contributed by atoms with E-state index < -0.39 is 9.05 Å². The summed E-state index contributed by atoms with van der Waals surface area (Å²) in [6, 6.07) is 0. The van der Waals surface area contributed by atoms with Gasteiger partial charge in [0.15, 0.2) is 0 Å². The van der Waals surface area contributed by atoms with Crippen molar-refractivity contribution in [3.63, 3.8) is 0 Å². The van der Waals surface area contributed by atoms with Crippen LogP contribution in [0.4, 0.5) is 0 Å². The van der Waals surface area contributed by atoms with Gasteiger partial charge < -0.3 is 4.90 Å². The van der Waals surface area contributed by atoms with Gasteiger partial charge >= 0.3 is 0 Å². The summed E-state index contributed by atoms with van der Waals surface area (Å²) in [5.74, 6) is 0.403. The lowest BCUT2D eigenvalue weighted by molar-refractivity contribution is 0.0682. The monoisotopic (exact) mass is 321 g/mol. The quantitative estimate of drug-likeness (QED) is 0.787. The molecule has 0 aromatic carbocycles. The number of nitrogens with zero attached hydrogens (tertiary/aromatic N) is 1. The van der Waals surface area contributed by atoms with Gasteiger partial charge in [-0.3, -0.25) is 4.79 Å². The molecule has 0 aliphatic carbocycles. The molecule has 1 aliphatic rings. The van der Waals surface area contributed by atoms with Gasteiger partial charge in [-0.05, 0) is 31.2 Å². The summed E-state index contributed by atoms with van der Waals surface area (Å²) in [6.07, 6.45) is 2.13. The molecule has 1 aromatic heterocycles. The van der Waals surface area contributed by atoms with Crippen LogP contribution in [-0.2, 0) is 9.05 Å². The number of carbonyl (C=O) groups is 1. The minimum absolute atomic E-state index is 0.0718. The van der Waals surface area contributed by atoms with Crippen LogP contribution in [0.3, 0.4) is 0 Å². The summed E-state index contributed by atoms with van der Waals surface area (Å²) in [6.45, 7) is 5.22. The lowest BCUT2D eigenvalue weighted by Gasteiger charge is -2.31. The SMILES string of the molecule is Cc1c(C(=O)N2CCCC(C)C2)csc1S(=O)(=O)Cl. The second-order valence-corrected chi connectivity index (χ2v) is 8.64. The highest BCUT2D eigenvalue weighted by Crippen LogP contribution is 2.30. The van der Waals surface area contributed by atoms with E-state index in [2.05, 4.69) is 6.92 Å². The maximum Gasteiger partial charge on any atom is 0.271 e. The molecule has 0 radical (unpaired) electrons. The van der Waals surface area contributed by atoms with Crippen molar-refractivity contribution in [1.29, 1.82) is 0 Å². The Kier molecular flexibility index (Phi) is 4.23. The van der Waals surface area contributed by atoms with Gasteiger partial charge in [-0.25, -0.2) is 8.42 Å². The minimum Gasteiger partial charge on any atom is -0.338 e. The fourth-order valence-electron chi connectivity index (χ4n) is 2.39. The van der Waals surface area contributed by atoms with Gasteiger partial charge in [-0.2, -0.15) is 0 Å². The van der Waals surface area contributed by atoms with Crippen LogP contribution in [0.25, 0.3) is 0 Å². The molecule has 1 aliphatic heterocycles. The summed E-state index contributed by atoms with van der Waals surface area (Å²) in [4.78, 5) is 14.2. The molecule has 1 atom stereocenters. The predicted octanol–water partition coefficient (Wildman–Crippen LogP) is 2.86. The van der Waals surface area contributed by atoms with Gasteiger partial charge in [-0.1, -0.05) is 6.92 Å². The van der Waals surface area contributed by atoms with Gasteiger partial charge in [0.05, 0.1) is 5.56 Å². The molecule has 19 heavy (non-hydrogen) atoms. The third-order valence-corrected chi connectivity index (χ3v) is 6.70. The Morgan fingerprint density at radius 1 is 1.53 bits per heavy atom. The molecule has 1 unspecified atom stereocenters. The molecule has 4 nitrogen and oxygen atoms in total. The Morgan fingerprint density at radius 3 is 2.74 bits per heavy atom. The average molecular weight is 322 g/mol. The molecule has 2 heterocycles. The Morgan fingerprint density at radius 2 is 2.21 bits per heavy atom. The first kappa shape index (κ1) is 14.8. The summed E-state index contributed by atoms with van der Waals surface area (Å²) in [5, 5.41) is 1.59. The molecule has 0 bridgehead atoms. The molecule has 1 aromatic rings. The van der Waals surface area contributed by atoms with Crippen LogP contribution in [0, 0.1) is 12.8 Å². The van der Waals surface area contributed by atoms with Gasteiger partial charge in [0.2, 0.25) is 0 Å². The van der Waals surface area contributed by atoms with Crippen molar-refractivity contribution < 1.29 is 13.2 Å². The molecular formula is C12H16ClNO3S2. The van der Waals surface area contributed by atoms with Crippen molar-refractivity contribution in [2.75, 3.05) is 13.1 Å². The summed E-state index contributed by atoms with van der Waals surface area (Å²) in [7, 11) is 1.58. The number of thiophene rings is 1. The van der Waals surface area contributed by atoms with Crippen molar-refractivity contribution >= 4 is 37.0 Å². The number of amides is 1. The van der Waals surface area contributed by atoms with E-state index in [0.717, 1.165) is 37.3 Å². The van der Waals surface area contributed by atoms with E-state index in [4.69, 9.17) is 10.7 Å². The van der Waals surface area contributed by atoms with Crippen LogP contribution in [0.1, 0.15) is 35.7 Å². The van der Waals surface area contributed by atoms with E-state index in [0.29, 0.717) is 17.0 Å². The predicted molar refractivity (Wildman–Crippen MR) is 76.4 cm³/mol. The molecule has 7 heteroatoms. The fraction of sp³-hybridized carbons (Fsp3) is 0.583. The highest BCUT2D eigenvalue weighted by Gasteiger charge is 2.27. The summed E-state index contributed by atoms with van der Waals surface area (Å²) in [5.41, 5.74) is 0.918. The van der Waals surface area contributed by atoms with Crippen molar-refractivity contribution in [3.05, 3.63) is 16.5 Å². The van der Waals surface area contributed by atoms with E-state index >= 15 is 0 Å². The van der Waals surface area contributed by atoms with Gasteiger partial charge in [0.1, 0.15) is 4.21 Å². The van der Waals surface area contributed by atoms with Crippen molar-refractivity contribution in [2.24, 2.45) is 5.92 Å². The minimum atomic E-state index is -3.77. The second-order valence-electron chi connectivity index (χ2n) is 5.00. The van der Waals surface area contributed by atoms with Crippen molar-refractivity contribution in [1.82, 2.24) is 4.90 Å². The first-order valence-corrected chi connectivity index (χ1v) is 9.31. The normalized spacial score (nSPS) is 20.6. The highest BCUT2D eigenvalue weighted by atomic mass is 35.7. The third kappa shape index (κ3) is 3.12. The first-order valence-electron chi connectivity index (χ1n) is 6.12. The second kappa shape index (κ2) is 5.42. The van der Waals surface area contributed by atoms with Crippen LogP contribution >= 0.6 is 22.0 Å². The van der Waals surface area contributed by atoms with E-state index in [1.165, 1.54) is 0 Å². The number of likely N-dealkylation sites (tertiary alicyclic amines) is 1. The van der Waals surface area contributed by atoms with Gasteiger partial charge in [-0.15, -0.1) is 11.3 Å². The molecule has 106 valence electrons. The first-order chi connectivity index (χ1) is 8.80. The average Bonchev–Trinajstić information content (AvgIpc) is 2.70. The lowest BCUT2D eigenvalue weighted by Crippen LogP contribution is -2.39. The molecule has 0 spiro atoms. The van der Waals surface area contributed by atoms with Crippen LogP contribution in [0.2, 0.25) is 0 Å². The maximum absolute atomic E-state index is 12.4. The van der Waals surface area contributed by atoms with E-state index in [1.807, 2.05) is 0 Å². The molecule has 2 rings (SSSR count). The molecular weight excluding hydrogens is 306 g/mol. The third-order valence-electron chi connectivity index (χ3n) is 3.39.